The fourth-order valence-corrected chi connectivity index (χ4v) is 0.870. The highest BCUT2D eigenvalue weighted by Gasteiger charge is 2.12. The molecular formula is C8H9N3O4. The number of nitrogens with zero attached hydrogens (tertiary/aromatic N) is 2. The maximum Gasteiger partial charge on any atom is 0.356 e. The summed E-state index contributed by atoms with van der Waals surface area (Å²) in [5, 5.41) is 11.0. The Labute approximate surface area is 85.1 Å². The number of amides is 1. The molecule has 0 aliphatic heterocycles. The van der Waals surface area contributed by atoms with Crippen LogP contribution in [-0.4, -0.2) is 34.1 Å². The third-order valence-corrected chi connectivity index (χ3v) is 1.45. The van der Waals surface area contributed by atoms with Gasteiger partial charge in [-0.3, -0.25) is 4.79 Å². The predicted molar refractivity (Wildman–Crippen MR) is 49.8 cm³/mol. The maximum atomic E-state index is 10.7. The number of aromatic carboxylic acids is 1. The number of ether oxygens (including phenoxy) is 1. The molecule has 0 unspecified atom stereocenters. The highest BCUT2D eigenvalue weighted by molar-refractivity contribution is 5.90. The number of methoxy groups -OCH3 is 1. The van der Waals surface area contributed by atoms with Gasteiger partial charge in [0.25, 0.3) is 5.88 Å². The van der Waals surface area contributed by atoms with E-state index in [0.717, 1.165) is 6.20 Å². The summed E-state index contributed by atoms with van der Waals surface area (Å²) >= 11 is 0. The van der Waals surface area contributed by atoms with Gasteiger partial charge in [-0.15, -0.1) is 0 Å². The molecule has 0 fully saturated rings. The molecule has 0 saturated heterocycles. The van der Waals surface area contributed by atoms with Crippen LogP contribution in [0.15, 0.2) is 6.20 Å². The van der Waals surface area contributed by atoms with Crippen molar-refractivity contribution in [3.8, 4) is 5.88 Å². The number of carbonyl (C=O) groups excluding carboxylic acids is 1. The van der Waals surface area contributed by atoms with Crippen molar-refractivity contribution in [3.05, 3.63) is 11.9 Å². The van der Waals surface area contributed by atoms with Crippen LogP contribution in [0.25, 0.3) is 0 Å². The number of anilines is 1. The van der Waals surface area contributed by atoms with Crippen molar-refractivity contribution >= 4 is 17.7 Å². The van der Waals surface area contributed by atoms with Crippen LogP contribution in [0.1, 0.15) is 17.4 Å². The Morgan fingerprint density at radius 1 is 1.53 bits per heavy atom. The highest BCUT2D eigenvalue weighted by Crippen LogP contribution is 2.18. The van der Waals surface area contributed by atoms with E-state index < -0.39 is 5.97 Å². The van der Waals surface area contributed by atoms with E-state index >= 15 is 0 Å². The van der Waals surface area contributed by atoms with Gasteiger partial charge in [0, 0.05) is 6.92 Å². The minimum atomic E-state index is -1.21. The first-order valence-corrected chi connectivity index (χ1v) is 3.96. The van der Waals surface area contributed by atoms with Crippen LogP contribution in [-0.2, 0) is 4.79 Å². The topological polar surface area (TPSA) is 101 Å². The van der Waals surface area contributed by atoms with E-state index in [-0.39, 0.29) is 23.3 Å². The average Bonchev–Trinajstić information content (AvgIpc) is 2.17. The zero-order valence-electron chi connectivity index (χ0n) is 8.14. The van der Waals surface area contributed by atoms with Crippen LogP contribution < -0.4 is 10.1 Å². The molecule has 0 atom stereocenters. The van der Waals surface area contributed by atoms with Crippen LogP contribution in [0.3, 0.4) is 0 Å². The molecule has 0 aliphatic rings. The lowest BCUT2D eigenvalue weighted by Crippen LogP contribution is -2.11. The number of hydrogen-bond acceptors (Lipinski definition) is 5. The van der Waals surface area contributed by atoms with Crippen molar-refractivity contribution in [2.45, 2.75) is 6.92 Å². The number of rotatable bonds is 3. The third-order valence-electron chi connectivity index (χ3n) is 1.45. The molecule has 1 aromatic heterocycles. The quantitative estimate of drug-likeness (QED) is 0.737. The smallest absolute Gasteiger partial charge is 0.356 e. The van der Waals surface area contributed by atoms with Gasteiger partial charge in [-0.05, 0) is 0 Å². The Balaban J connectivity index is 3.08. The standard InChI is InChI=1S/C8H9N3O4/c1-4(12)10-6-7(15-2)11-5(3-9-6)8(13)14/h3H,1-2H3,(H,13,14)(H,9,10,12). The van der Waals surface area contributed by atoms with Gasteiger partial charge in [0.15, 0.2) is 11.5 Å². The summed E-state index contributed by atoms with van der Waals surface area (Å²) in [6.07, 6.45) is 1.04. The lowest BCUT2D eigenvalue weighted by atomic mass is 10.4. The molecule has 1 aromatic rings. The molecule has 1 heterocycles. The molecule has 0 aromatic carbocycles. The normalized spacial score (nSPS) is 9.47. The van der Waals surface area contributed by atoms with Gasteiger partial charge >= 0.3 is 5.97 Å². The molecule has 0 saturated carbocycles. The van der Waals surface area contributed by atoms with Crippen LogP contribution in [0.2, 0.25) is 0 Å². The number of carboxylic acid groups (broad SMARTS) is 1. The van der Waals surface area contributed by atoms with Crippen LogP contribution in [0, 0.1) is 0 Å². The lowest BCUT2D eigenvalue weighted by Gasteiger charge is -2.06. The molecule has 2 N–H and O–H groups in total. The van der Waals surface area contributed by atoms with Crippen molar-refractivity contribution < 1.29 is 19.4 Å². The van der Waals surface area contributed by atoms with Gasteiger partial charge in [0.1, 0.15) is 0 Å². The van der Waals surface area contributed by atoms with Gasteiger partial charge in [-0.25, -0.2) is 14.8 Å². The fraction of sp³-hybridized carbons (Fsp3) is 0.250. The predicted octanol–water partition coefficient (Wildman–Crippen LogP) is 0.142. The SMILES string of the molecule is COc1nc(C(=O)O)cnc1NC(C)=O. The lowest BCUT2D eigenvalue weighted by molar-refractivity contribution is -0.114. The number of nitrogens with one attached hydrogen (secondary N) is 1. The highest BCUT2D eigenvalue weighted by atomic mass is 16.5. The number of carboxylic acids is 1. The second-order valence-electron chi connectivity index (χ2n) is 2.60. The van der Waals surface area contributed by atoms with Gasteiger partial charge < -0.3 is 15.2 Å². The molecule has 15 heavy (non-hydrogen) atoms. The van der Waals surface area contributed by atoms with Gasteiger partial charge in [0.2, 0.25) is 5.91 Å². The first-order valence-electron chi connectivity index (χ1n) is 3.96. The van der Waals surface area contributed by atoms with Crippen LogP contribution in [0.4, 0.5) is 5.82 Å². The third kappa shape index (κ3) is 2.63. The fourth-order valence-electron chi connectivity index (χ4n) is 0.870. The average molecular weight is 211 g/mol. The molecule has 0 aliphatic carbocycles. The Kier molecular flexibility index (Phi) is 3.17. The number of carbonyl (C=O) groups is 2. The van der Waals surface area contributed by atoms with Crippen molar-refractivity contribution in [3.63, 3.8) is 0 Å². The molecule has 80 valence electrons. The number of aromatic nitrogens is 2. The molecule has 1 amide bonds. The van der Waals surface area contributed by atoms with Gasteiger partial charge in [-0.2, -0.15) is 0 Å². The molecule has 7 nitrogen and oxygen atoms in total. The van der Waals surface area contributed by atoms with Crippen LogP contribution >= 0.6 is 0 Å². The maximum absolute atomic E-state index is 10.7. The molecular weight excluding hydrogens is 202 g/mol. The first kappa shape index (κ1) is 10.9. The van der Waals surface area contributed by atoms with Crippen molar-refractivity contribution in [2.24, 2.45) is 0 Å². The van der Waals surface area contributed by atoms with Crippen molar-refractivity contribution in [1.29, 1.82) is 0 Å². The summed E-state index contributed by atoms with van der Waals surface area (Å²) in [5.74, 6) is -1.50. The number of hydrogen-bond donors (Lipinski definition) is 2. The molecule has 0 bridgehead atoms. The molecule has 7 heteroatoms. The van der Waals surface area contributed by atoms with E-state index in [9.17, 15) is 9.59 Å². The monoisotopic (exact) mass is 211 g/mol. The Hall–Kier alpha value is -2.18. The second kappa shape index (κ2) is 4.36. The zero-order valence-corrected chi connectivity index (χ0v) is 8.14. The summed E-state index contributed by atoms with van der Waals surface area (Å²) in [5.41, 5.74) is -0.249. The van der Waals surface area contributed by atoms with E-state index in [1.165, 1.54) is 14.0 Å². The summed E-state index contributed by atoms with van der Waals surface area (Å²) in [6.45, 7) is 1.30. The largest absolute Gasteiger partial charge is 0.478 e. The zero-order chi connectivity index (χ0) is 11.4. The Bertz CT molecular complexity index is 405. The second-order valence-corrected chi connectivity index (χ2v) is 2.60. The van der Waals surface area contributed by atoms with Crippen LogP contribution in [0.5, 0.6) is 5.88 Å². The molecule has 0 radical (unpaired) electrons. The molecule has 1 rings (SSSR count). The minimum Gasteiger partial charge on any atom is -0.478 e. The van der Waals surface area contributed by atoms with E-state index in [0.29, 0.717) is 0 Å². The van der Waals surface area contributed by atoms with E-state index in [1.54, 1.807) is 0 Å². The Morgan fingerprint density at radius 2 is 2.20 bits per heavy atom. The van der Waals surface area contributed by atoms with E-state index in [2.05, 4.69) is 15.3 Å². The van der Waals surface area contributed by atoms with Gasteiger partial charge in [-0.1, -0.05) is 0 Å². The van der Waals surface area contributed by atoms with E-state index in [4.69, 9.17) is 9.84 Å². The summed E-state index contributed by atoms with van der Waals surface area (Å²) in [4.78, 5) is 28.7. The van der Waals surface area contributed by atoms with E-state index in [1.807, 2.05) is 0 Å². The summed E-state index contributed by atoms with van der Waals surface area (Å²) in [6, 6.07) is 0. The summed E-state index contributed by atoms with van der Waals surface area (Å²) in [7, 11) is 1.31. The van der Waals surface area contributed by atoms with Crippen molar-refractivity contribution in [2.75, 3.05) is 12.4 Å². The summed E-state index contributed by atoms with van der Waals surface area (Å²) < 4.78 is 4.79. The van der Waals surface area contributed by atoms with Gasteiger partial charge in [0.05, 0.1) is 13.3 Å². The van der Waals surface area contributed by atoms with Crippen molar-refractivity contribution in [1.82, 2.24) is 9.97 Å². The minimum absolute atomic E-state index is 0.0369. The Morgan fingerprint density at radius 3 is 2.67 bits per heavy atom. The first-order chi connectivity index (χ1) is 7.04. The molecule has 0 spiro atoms.